The fourth-order valence-electron chi connectivity index (χ4n) is 3.30. The predicted molar refractivity (Wildman–Crippen MR) is 132 cm³/mol. The third-order valence-electron chi connectivity index (χ3n) is 5.11. The fourth-order valence-corrected chi connectivity index (χ4v) is 5.15. The molecule has 1 amide bonds. The van der Waals surface area contributed by atoms with E-state index in [0.717, 1.165) is 28.9 Å². The lowest BCUT2D eigenvalue weighted by atomic mass is 9.86. The topological polar surface area (TPSA) is 75.7 Å². The van der Waals surface area contributed by atoms with Crippen molar-refractivity contribution in [2.45, 2.75) is 38.0 Å². The van der Waals surface area contributed by atoms with E-state index in [1.165, 1.54) is 4.31 Å². The highest BCUT2D eigenvalue weighted by atomic mass is 35.5. The Morgan fingerprint density at radius 2 is 1.91 bits per heavy atom. The Bertz CT molecular complexity index is 1070. The number of ether oxygens (including phenoxy) is 1. The van der Waals surface area contributed by atoms with Gasteiger partial charge in [-0.15, -0.1) is 0 Å². The first-order chi connectivity index (χ1) is 14.9. The number of sulfonamides is 1. The van der Waals surface area contributed by atoms with Crippen LogP contribution in [0.5, 0.6) is 5.75 Å². The van der Waals surface area contributed by atoms with Gasteiger partial charge in [0.05, 0.1) is 18.5 Å². The Balaban J connectivity index is 1.61. The van der Waals surface area contributed by atoms with E-state index in [9.17, 15) is 13.2 Å². The number of nitrogens with zero attached hydrogens (tertiary/aromatic N) is 1. The minimum Gasteiger partial charge on any atom is -0.476 e. The van der Waals surface area contributed by atoms with Crippen LogP contribution in [0, 0.1) is 0 Å². The van der Waals surface area contributed by atoms with E-state index in [-0.39, 0.29) is 17.9 Å². The van der Waals surface area contributed by atoms with Crippen molar-refractivity contribution in [3.05, 3.63) is 58.6 Å². The van der Waals surface area contributed by atoms with E-state index in [0.29, 0.717) is 23.0 Å². The highest BCUT2D eigenvalue weighted by Gasteiger charge is 2.35. The lowest BCUT2D eigenvalue weighted by molar-refractivity contribution is -0.127. The Hall–Kier alpha value is -1.90. The van der Waals surface area contributed by atoms with Gasteiger partial charge in [0.2, 0.25) is 10.0 Å². The first-order valence-corrected chi connectivity index (χ1v) is 13.7. The van der Waals surface area contributed by atoms with Crippen molar-refractivity contribution in [2.24, 2.45) is 0 Å². The van der Waals surface area contributed by atoms with Gasteiger partial charge in [0.1, 0.15) is 5.75 Å². The molecule has 0 aliphatic carbocycles. The molecular weight excluding hydrogens is 468 g/mol. The molecule has 6 nitrogen and oxygen atoms in total. The summed E-state index contributed by atoms with van der Waals surface area (Å²) in [5.41, 5.74) is 2.49. The number of thioether (sulfide) groups is 1. The summed E-state index contributed by atoms with van der Waals surface area (Å²) in [6.45, 7) is 6.59. The van der Waals surface area contributed by atoms with E-state index in [2.05, 4.69) is 26.1 Å². The molecule has 2 aromatic carbocycles. The molecule has 0 aromatic heterocycles. The summed E-state index contributed by atoms with van der Waals surface area (Å²) >= 11 is 7.59. The fraction of sp³-hybridized carbons (Fsp3) is 0.435. The minimum absolute atomic E-state index is 0.0524. The number of halogens is 1. The van der Waals surface area contributed by atoms with E-state index < -0.39 is 16.1 Å². The third-order valence-corrected chi connectivity index (χ3v) is 7.54. The number of anilines is 1. The van der Waals surface area contributed by atoms with Crippen molar-refractivity contribution >= 4 is 45.0 Å². The Kier molecular flexibility index (Phi) is 7.68. The summed E-state index contributed by atoms with van der Waals surface area (Å²) < 4.78 is 32.1. The summed E-state index contributed by atoms with van der Waals surface area (Å²) in [5.74, 6) is 1.61. The first kappa shape index (κ1) is 24.7. The van der Waals surface area contributed by atoms with Crippen molar-refractivity contribution in [1.82, 2.24) is 5.32 Å². The van der Waals surface area contributed by atoms with Crippen LogP contribution in [0.1, 0.15) is 31.9 Å². The van der Waals surface area contributed by atoms with Gasteiger partial charge < -0.3 is 10.1 Å². The number of benzene rings is 2. The Labute approximate surface area is 199 Å². The monoisotopic (exact) mass is 496 g/mol. The SMILES string of the molecule is CC(C)(C)c1ccc2c(c1)N(S(C)(=O)=O)CC(C(=O)NCCSCc1ccc(Cl)cc1)O2. The van der Waals surface area contributed by atoms with Crippen LogP contribution in [-0.2, 0) is 26.0 Å². The normalized spacial score (nSPS) is 16.3. The molecule has 0 spiro atoms. The zero-order valence-corrected chi connectivity index (χ0v) is 21.1. The molecule has 1 aliphatic rings. The van der Waals surface area contributed by atoms with E-state index >= 15 is 0 Å². The zero-order valence-electron chi connectivity index (χ0n) is 18.7. The van der Waals surface area contributed by atoms with Gasteiger partial charge in [-0.3, -0.25) is 9.10 Å². The molecule has 1 unspecified atom stereocenters. The molecule has 1 N–H and O–H groups in total. The van der Waals surface area contributed by atoms with Gasteiger partial charge in [0.25, 0.3) is 5.91 Å². The molecule has 0 fully saturated rings. The summed E-state index contributed by atoms with van der Waals surface area (Å²) in [7, 11) is -3.57. The van der Waals surface area contributed by atoms with Crippen LogP contribution in [-0.4, -0.2) is 45.5 Å². The maximum Gasteiger partial charge on any atom is 0.263 e. The van der Waals surface area contributed by atoms with Gasteiger partial charge >= 0.3 is 0 Å². The van der Waals surface area contributed by atoms with Gasteiger partial charge in [-0.25, -0.2) is 8.42 Å². The molecule has 1 aliphatic heterocycles. The van der Waals surface area contributed by atoms with Gasteiger partial charge in [-0.05, 0) is 40.8 Å². The highest BCUT2D eigenvalue weighted by molar-refractivity contribution is 7.98. The largest absolute Gasteiger partial charge is 0.476 e. The number of fused-ring (bicyclic) bond motifs is 1. The van der Waals surface area contributed by atoms with Crippen molar-refractivity contribution in [3.63, 3.8) is 0 Å². The maximum absolute atomic E-state index is 12.7. The molecule has 1 heterocycles. The molecule has 1 atom stereocenters. The zero-order chi connectivity index (χ0) is 23.5. The molecule has 174 valence electrons. The Morgan fingerprint density at radius 3 is 2.53 bits per heavy atom. The maximum atomic E-state index is 12.7. The second-order valence-electron chi connectivity index (χ2n) is 8.80. The lowest BCUT2D eigenvalue weighted by Crippen LogP contribution is -2.50. The predicted octanol–water partition coefficient (Wildman–Crippen LogP) is 4.21. The van der Waals surface area contributed by atoms with Crippen LogP contribution in [0.15, 0.2) is 42.5 Å². The van der Waals surface area contributed by atoms with Crippen molar-refractivity contribution in [3.8, 4) is 5.75 Å². The molecule has 2 aromatic rings. The average Bonchev–Trinajstić information content (AvgIpc) is 2.72. The number of hydrogen-bond acceptors (Lipinski definition) is 5. The van der Waals surface area contributed by atoms with E-state index in [4.69, 9.17) is 16.3 Å². The summed E-state index contributed by atoms with van der Waals surface area (Å²) in [4.78, 5) is 12.7. The van der Waals surface area contributed by atoms with E-state index in [1.807, 2.05) is 36.4 Å². The highest BCUT2D eigenvalue weighted by Crippen LogP contribution is 2.38. The second-order valence-corrected chi connectivity index (χ2v) is 12.3. The Morgan fingerprint density at radius 1 is 1.22 bits per heavy atom. The van der Waals surface area contributed by atoms with Gasteiger partial charge in [0.15, 0.2) is 6.10 Å². The number of rotatable bonds is 7. The van der Waals surface area contributed by atoms with Gasteiger partial charge in [0, 0.05) is 23.1 Å². The second kappa shape index (κ2) is 9.93. The number of nitrogens with one attached hydrogen (secondary N) is 1. The van der Waals surface area contributed by atoms with Crippen LogP contribution in [0.25, 0.3) is 0 Å². The molecule has 3 rings (SSSR count). The van der Waals surface area contributed by atoms with Crippen LogP contribution in [0.3, 0.4) is 0 Å². The summed E-state index contributed by atoms with van der Waals surface area (Å²) in [5, 5.41) is 3.57. The minimum atomic E-state index is -3.57. The van der Waals surface area contributed by atoms with Gasteiger partial charge in [-0.1, -0.05) is 50.6 Å². The number of amides is 1. The molecule has 32 heavy (non-hydrogen) atoms. The van der Waals surface area contributed by atoms with E-state index in [1.54, 1.807) is 17.8 Å². The standard InChI is InChI=1S/C23H29ClN2O4S2/c1-23(2,3)17-7-10-20-19(13-17)26(32(4,28)29)14-21(30-20)22(27)25-11-12-31-15-16-5-8-18(24)9-6-16/h5-10,13,21H,11-12,14-15H2,1-4H3,(H,25,27). The van der Waals surface area contributed by atoms with Gasteiger partial charge in [-0.2, -0.15) is 11.8 Å². The number of hydrogen-bond donors (Lipinski definition) is 1. The van der Waals surface area contributed by atoms with Crippen molar-refractivity contribution < 1.29 is 17.9 Å². The summed E-state index contributed by atoms with van der Waals surface area (Å²) in [6, 6.07) is 13.2. The molecule has 0 saturated heterocycles. The van der Waals surface area contributed by atoms with Crippen LogP contribution < -0.4 is 14.4 Å². The molecule has 0 saturated carbocycles. The van der Waals surface area contributed by atoms with Crippen LogP contribution >= 0.6 is 23.4 Å². The number of carbonyl (C=O) groups is 1. The third kappa shape index (κ3) is 6.33. The van der Waals surface area contributed by atoms with Crippen molar-refractivity contribution in [1.29, 1.82) is 0 Å². The molecular formula is C23H29ClN2O4S2. The first-order valence-electron chi connectivity index (χ1n) is 10.3. The smallest absolute Gasteiger partial charge is 0.263 e. The van der Waals surface area contributed by atoms with Crippen molar-refractivity contribution in [2.75, 3.05) is 29.4 Å². The quantitative estimate of drug-likeness (QED) is 0.581. The summed E-state index contributed by atoms with van der Waals surface area (Å²) in [6.07, 6.45) is 0.243. The lowest BCUT2D eigenvalue weighted by Gasteiger charge is -2.35. The number of carbonyl (C=O) groups excluding carboxylic acids is 1. The van der Waals surface area contributed by atoms with Crippen LogP contribution in [0.4, 0.5) is 5.69 Å². The van der Waals surface area contributed by atoms with Crippen LogP contribution in [0.2, 0.25) is 5.02 Å². The molecule has 0 bridgehead atoms. The average molecular weight is 497 g/mol. The molecule has 9 heteroatoms. The molecule has 0 radical (unpaired) electrons.